The van der Waals surface area contributed by atoms with Gasteiger partial charge >= 0.3 is 0 Å². The van der Waals surface area contributed by atoms with E-state index in [0.717, 1.165) is 24.2 Å². The Hall–Kier alpha value is -1.30. The molecule has 1 aliphatic heterocycles. The van der Waals surface area contributed by atoms with Crippen molar-refractivity contribution in [3.05, 3.63) is 22.7 Å². The van der Waals surface area contributed by atoms with Gasteiger partial charge in [-0.1, -0.05) is 18.5 Å². The number of benzene rings is 1. The smallest absolute Gasteiger partial charge is 0.245 e. The molecule has 0 saturated carbocycles. The molecule has 2 rings (SSSR count). The lowest BCUT2D eigenvalue weighted by molar-refractivity contribution is -0.116. The number of carbonyl (C=O) groups excluding carboxylic acids is 1. The van der Waals surface area contributed by atoms with Crippen LogP contribution in [0.15, 0.2) is 12.1 Å². The molecular weight excluding hydrogens is 266 g/mol. The van der Waals surface area contributed by atoms with E-state index >= 15 is 0 Å². The van der Waals surface area contributed by atoms with E-state index in [0.29, 0.717) is 17.3 Å². The van der Waals surface area contributed by atoms with Crippen molar-refractivity contribution in [1.29, 1.82) is 0 Å². The van der Waals surface area contributed by atoms with Crippen LogP contribution in [0, 0.1) is 0 Å². The molecule has 0 aliphatic carbocycles. The Balaban J connectivity index is 2.37. The van der Waals surface area contributed by atoms with E-state index in [9.17, 15) is 4.79 Å². The highest BCUT2D eigenvalue weighted by atomic mass is 35.5. The predicted octanol–water partition coefficient (Wildman–Crippen LogP) is 1.50. The highest BCUT2D eigenvalue weighted by Crippen LogP contribution is 2.38. The van der Waals surface area contributed by atoms with Crippen LogP contribution in [0.3, 0.4) is 0 Å². The van der Waals surface area contributed by atoms with E-state index in [4.69, 9.17) is 22.4 Å². The van der Waals surface area contributed by atoms with Crippen molar-refractivity contribution in [3.63, 3.8) is 0 Å². The van der Waals surface area contributed by atoms with Crippen molar-refractivity contribution in [2.24, 2.45) is 5.73 Å². The molecule has 4 N–H and O–H groups in total. The quantitative estimate of drug-likeness (QED) is 0.765. The molecule has 0 aromatic heterocycles. The van der Waals surface area contributed by atoms with Gasteiger partial charge in [-0.15, -0.1) is 0 Å². The first kappa shape index (κ1) is 14.1. The van der Waals surface area contributed by atoms with Gasteiger partial charge in [0.25, 0.3) is 0 Å². The Morgan fingerprint density at radius 2 is 2.21 bits per heavy atom. The average molecular weight is 284 g/mol. The molecule has 1 amide bonds. The van der Waals surface area contributed by atoms with E-state index < -0.39 is 6.04 Å². The van der Waals surface area contributed by atoms with Crippen molar-refractivity contribution in [2.75, 3.05) is 29.9 Å². The van der Waals surface area contributed by atoms with Crippen molar-refractivity contribution in [3.8, 4) is 0 Å². The molecule has 19 heavy (non-hydrogen) atoms. The van der Waals surface area contributed by atoms with Gasteiger partial charge in [0.1, 0.15) is 6.04 Å². The monoisotopic (exact) mass is 283 g/mol. The molecule has 104 valence electrons. The Morgan fingerprint density at radius 3 is 2.84 bits per heavy atom. The summed E-state index contributed by atoms with van der Waals surface area (Å²) in [5.74, 6) is -0.215. The molecule has 1 unspecified atom stereocenters. The Bertz CT molecular complexity index is 487. The van der Waals surface area contributed by atoms with E-state index in [-0.39, 0.29) is 12.5 Å². The maximum Gasteiger partial charge on any atom is 0.245 e. The molecule has 1 atom stereocenters. The third-order valence-corrected chi connectivity index (χ3v) is 3.50. The Morgan fingerprint density at radius 1 is 1.47 bits per heavy atom. The second-order valence-corrected chi connectivity index (χ2v) is 4.98. The van der Waals surface area contributed by atoms with Crippen molar-refractivity contribution < 1.29 is 9.90 Å². The summed E-state index contributed by atoms with van der Waals surface area (Å²) in [6, 6.07) is 2.90. The number of aliphatic hydroxyl groups excluding tert-OH is 1. The Kier molecular flexibility index (Phi) is 4.29. The molecule has 5 nitrogen and oxygen atoms in total. The number of hydrogen-bond donors (Lipinski definition) is 3. The Labute approximate surface area is 117 Å². The van der Waals surface area contributed by atoms with Gasteiger partial charge < -0.3 is 21.1 Å². The van der Waals surface area contributed by atoms with Gasteiger partial charge in [0.2, 0.25) is 5.91 Å². The molecule has 0 saturated heterocycles. The number of nitrogens with two attached hydrogens (primary N) is 1. The largest absolute Gasteiger partial charge is 0.395 e. The van der Waals surface area contributed by atoms with E-state index in [1.54, 1.807) is 6.07 Å². The summed E-state index contributed by atoms with van der Waals surface area (Å²) in [5.41, 5.74) is 8.01. The lowest BCUT2D eigenvalue weighted by Gasteiger charge is -2.25. The molecule has 0 fully saturated rings. The van der Waals surface area contributed by atoms with Crippen LogP contribution in [0.1, 0.15) is 24.9 Å². The van der Waals surface area contributed by atoms with Gasteiger partial charge in [-0.2, -0.15) is 0 Å². The molecule has 1 aromatic rings. The van der Waals surface area contributed by atoms with Crippen LogP contribution >= 0.6 is 11.6 Å². The lowest BCUT2D eigenvalue weighted by atomic mass is 10.1. The maximum absolute atomic E-state index is 11.5. The number of nitrogens with zero attached hydrogens (tertiary/aromatic N) is 1. The molecular formula is C13H18ClN3O2. The van der Waals surface area contributed by atoms with Crippen LogP contribution < -0.4 is 16.0 Å². The fourth-order valence-corrected chi connectivity index (χ4v) is 2.57. The highest BCUT2D eigenvalue weighted by Gasteiger charge is 2.28. The molecule has 1 heterocycles. The van der Waals surface area contributed by atoms with Crippen LogP contribution in [-0.4, -0.2) is 30.7 Å². The topological polar surface area (TPSA) is 78.6 Å². The molecule has 6 heteroatoms. The van der Waals surface area contributed by atoms with Crippen LogP contribution in [-0.2, 0) is 4.79 Å². The zero-order valence-electron chi connectivity index (χ0n) is 10.8. The number of nitrogens with one attached hydrogen (secondary N) is 1. The number of fused-ring (bicyclic) bond motifs is 1. The number of aliphatic hydroxyl groups is 1. The van der Waals surface area contributed by atoms with Crippen molar-refractivity contribution in [2.45, 2.75) is 19.4 Å². The van der Waals surface area contributed by atoms with E-state index in [2.05, 4.69) is 12.2 Å². The first-order valence-electron chi connectivity index (χ1n) is 6.34. The second-order valence-electron chi connectivity index (χ2n) is 4.57. The van der Waals surface area contributed by atoms with Gasteiger partial charge in [-0.05, 0) is 18.6 Å². The third kappa shape index (κ3) is 2.68. The zero-order valence-corrected chi connectivity index (χ0v) is 11.6. The van der Waals surface area contributed by atoms with Crippen molar-refractivity contribution >= 4 is 28.9 Å². The molecule has 0 spiro atoms. The SMILES string of the molecule is CCCN(CCO)c1cc2c(cc1Cl)C(N)C(=O)N2. The third-order valence-electron chi connectivity index (χ3n) is 3.20. The first-order chi connectivity index (χ1) is 9.08. The summed E-state index contributed by atoms with van der Waals surface area (Å²) < 4.78 is 0. The minimum Gasteiger partial charge on any atom is -0.395 e. The maximum atomic E-state index is 11.5. The normalized spacial score (nSPS) is 17.3. The van der Waals surface area contributed by atoms with Gasteiger partial charge in [0.05, 0.1) is 17.3 Å². The highest BCUT2D eigenvalue weighted by molar-refractivity contribution is 6.33. The minimum absolute atomic E-state index is 0.0548. The number of amides is 1. The molecule has 1 aromatic carbocycles. The summed E-state index contributed by atoms with van der Waals surface area (Å²) in [6.45, 7) is 3.41. The van der Waals surface area contributed by atoms with Crippen LogP contribution in [0.5, 0.6) is 0 Å². The standard InChI is InChI=1S/C13H18ClN3O2/c1-2-3-17(4-5-18)11-7-10-8(6-9(11)14)12(15)13(19)16-10/h6-7,12,18H,2-5,15H2,1H3,(H,16,19). The minimum atomic E-state index is -0.654. The number of rotatable bonds is 5. The molecule has 1 aliphatic rings. The summed E-state index contributed by atoms with van der Waals surface area (Å²) in [5, 5.41) is 12.4. The van der Waals surface area contributed by atoms with Crippen LogP contribution in [0.4, 0.5) is 11.4 Å². The van der Waals surface area contributed by atoms with Crippen LogP contribution in [0.2, 0.25) is 5.02 Å². The number of anilines is 2. The lowest BCUT2D eigenvalue weighted by Crippen LogP contribution is -2.27. The second kappa shape index (κ2) is 5.77. The van der Waals surface area contributed by atoms with Crippen molar-refractivity contribution in [1.82, 2.24) is 0 Å². The zero-order chi connectivity index (χ0) is 14.0. The average Bonchev–Trinajstić information content (AvgIpc) is 2.64. The summed E-state index contributed by atoms with van der Waals surface area (Å²) >= 11 is 6.27. The fourth-order valence-electron chi connectivity index (χ4n) is 2.28. The van der Waals surface area contributed by atoms with Gasteiger partial charge in [-0.3, -0.25) is 4.79 Å². The van der Waals surface area contributed by atoms with Gasteiger partial charge in [0, 0.05) is 24.3 Å². The van der Waals surface area contributed by atoms with Gasteiger partial charge in [0.15, 0.2) is 0 Å². The number of halogens is 1. The van der Waals surface area contributed by atoms with Gasteiger partial charge in [-0.25, -0.2) is 0 Å². The number of hydrogen-bond acceptors (Lipinski definition) is 4. The summed E-state index contributed by atoms with van der Waals surface area (Å²) in [7, 11) is 0. The fraction of sp³-hybridized carbons (Fsp3) is 0.462. The molecule has 0 bridgehead atoms. The number of carbonyl (C=O) groups is 1. The summed E-state index contributed by atoms with van der Waals surface area (Å²) in [6.07, 6.45) is 0.944. The first-order valence-corrected chi connectivity index (χ1v) is 6.72. The van der Waals surface area contributed by atoms with Crippen LogP contribution in [0.25, 0.3) is 0 Å². The van der Waals surface area contributed by atoms with E-state index in [1.807, 2.05) is 11.0 Å². The predicted molar refractivity (Wildman–Crippen MR) is 76.6 cm³/mol. The van der Waals surface area contributed by atoms with E-state index in [1.165, 1.54) is 0 Å². The summed E-state index contributed by atoms with van der Waals surface area (Å²) in [4.78, 5) is 13.5. The molecule has 0 radical (unpaired) electrons.